The monoisotopic (exact) mass is 219 g/mol. The predicted molar refractivity (Wildman–Crippen MR) is 66.9 cm³/mol. The lowest BCUT2D eigenvalue weighted by Gasteiger charge is -2.35. The van der Waals surface area contributed by atoms with Crippen LogP contribution in [0.25, 0.3) is 0 Å². The van der Waals surface area contributed by atoms with Crippen LogP contribution in [0.5, 0.6) is 0 Å². The second kappa shape index (κ2) is 5.88. The first-order valence-electron chi connectivity index (χ1n) is 6.74. The molecule has 2 fully saturated rings. The van der Waals surface area contributed by atoms with Gasteiger partial charge < -0.3 is 0 Å². The molecule has 15 heavy (non-hydrogen) atoms. The Kier molecular flexibility index (Phi) is 4.49. The van der Waals surface area contributed by atoms with Crippen LogP contribution in [0.4, 0.5) is 0 Å². The predicted octanol–water partition coefficient (Wildman–Crippen LogP) is 4.06. The summed E-state index contributed by atoms with van der Waals surface area (Å²) in [5, 5.41) is 0. The van der Waals surface area contributed by atoms with Gasteiger partial charge in [-0.25, -0.2) is 0 Å². The van der Waals surface area contributed by atoms with Crippen LogP contribution in [0.1, 0.15) is 57.8 Å². The molecule has 3 radical (unpaired) electrons. The van der Waals surface area contributed by atoms with Crippen molar-refractivity contribution in [3.63, 3.8) is 0 Å². The minimum absolute atomic E-state index is 0.863. The molecule has 0 unspecified atom stereocenters. The molecule has 0 aliphatic heterocycles. The van der Waals surface area contributed by atoms with Gasteiger partial charge >= 0.3 is 0 Å². The molecule has 0 saturated heterocycles. The molecular weight excluding hydrogens is 196 g/mol. The molecule has 83 valence electrons. The highest BCUT2D eigenvalue weighted by atomic mass is 28.1. The van der Waals surface area contributed by atoms with Crippen molar-refractivity contribution in [2.24, 2.45) is 17.8 Å². The van der Waals surface area contributed by atoms with Gasteiger partial charge in [0.05, 0.1) is 10.2 Å². The van der Waals surface area contributed by atoms with Gasteiger partial charge in [0.2, 0.25) is 0 Å². The van der Waals surface area contributed by atoms with Gasteiger partial charge in [0, 0.05) is 0 Å². The van der Waals surface area contributed by atoms with Crippen LogP contribution in [0.2, 0.25) is 0 Å². The smallest absolute Gasteiger partial charge is 0.0596 e. The summed E-state index contributed by atoms with van der Waals surface area (Å²) < 4.78 is 0. The Labute approximate surface area is 98.0 Å². The standard InChI is InChI=1S/C14H23Si/c15-11-10-12-6-8-14(9-7-12)13-4-2-1-3-5-13/h10-14H,1-9H2. The highest BCUT2D eigenvalue weighted by Gasteiger charge is 2.27. The Morgan fingerprint density at radius 1 is 0.733 bits per heavy atom. The maximum absolute atomic E-state index is 3.44. The summed E-state index contributed by atoms with van der Waals surface area (Å²) in [4.78, 5) is 0. The Morgan fingerprint density at radius 3 is 1.93 bits per heavy atom. The lowest BCUT2D eigenvalue weighted by Crippen LogP contribution is -2.23. The SMILES string of the molecule is [Si]C=CC1CCC(C2CCCCC2)CC1. The first kappa shape index (κ1) is 11.4. The fourth-order valence-electron chi connectivity index (χ4n) is 3.55. The molecule has 0 N–H and O–H groups in total. The van der Waals surface area contributed by atoms with Crippen molar-refractivity contribution in [1.82, 2.24) is 0 Å². The Balaban J connectivity index is 1.77. The van der Waals surface area contributed by atoms with Gasteiger partial charge in [-0.3, -0.25) is 0 Å². The number of hydrogen-bond donors (Lipinski definition) is 0. The minimum Gasteiger partial charge on any atom is -0.106 e. The largest absolute Gasteiger partial charge is 0.106 e. The summed E-state index contributed by atoms with van der Waals surface area (Å²) in [6, 6.07) is 0. The molecule has 1 heteroatoms. The lowest BCUT2D eigenvalue weighted by molar-refractivity contribution is 0.180. The maximum Gasteiger partial charge on any atom is 0.0596 e. The second-order valence-corrected chi connectivity index (χ2v) is 5.77. The molecule has 0 spiro atoms. The van der Waals surface area contributed by atoms with Gasteiger partial charge in [0.1, 0.15) is 0 Å². The molecule has 2 aliphatic rings. The number of hydrogen-bond acceptors (Lipinski definition) is 0. The van der Waals surface area contributed by atoms with E-state index in [2.05, 4.69) is 16.3 Å². The number of allylic oxidation sites excluding steroid dienone is 1. The van der Waals surface area contributed by atoms with E-state index >= 15 is 0 Å². The van der Waals surface area contributed by atoms with Crippen LogP contribution in [0.15, 0.2) is 11.8 Å². The van der Waals surface area contributed by atoms with Gasteiger partial charge in [-0.2, -0.15) is 0 Å². The molecule has 0 bridgehead atoms. The third-order valence-corrected chi connectivity index (χ3v) is 4.69. The van der Waals surface area contributed by atoms with Gasteiger partial charge in [-0.15, -0.1) is 5.70 Å². The van der Waals surface area contributed by atoms with E-state index in [-0.39, 0.29) is 0 Å². The van der Waals surface area contributed by atoms with Gasteiger partial charge in [0.25, 0.3) is 0 Å². The van der Waals surface area contributed by atoms with E-state index in [9.17, 15) is 0 Å². The van der Waals surface area contributed by atoms with Gasteiger partial charge in [0.15, 0.2) is 0 Å². The third-order valence-electron chi connectivity index (χ3n) is 4.50. The summed E-state index contributed by atoms with van der Waals surface area (Å²) in [7, 11) is 3.44. The number of rotatable bonds is 2. The van der Waals surface area contributed by atoms with E-state index in [1.54, 1.807) is 0 Å². The molecule has 0 amide bonds. The zero-order chi connectivity index (χ0) is 10.5. The van der Waals surface area contributed by atoms with Crippen LogP contribution in [-0.2, 0) is 0 Å². The van der Waals surface area contributed by atoms with E-state index in [4.69, 9.17) is 0 Å². The highest BCUT2D eigenvalue weighted by molar-refractivity contribution is 6.16. The van der Waals surface area contributed by atoms with Crippen LogP contribution < -0.4 is 0 Å². The fraction of sp³-hybridized carbons (Fsp3) is 0.857. The molecule has 0 aromatic carbocycles. The molecule has 0 atom stereocenters. The van der Waals surface area contributed by atoms with Crippen molar-refractivity contribution in [2.45, 2.75) is 57.8 Å². The van der Waals surface area contributed by atoms with E-state index in [1.165, 1.54) is 57.8 Å². The maximum atomic E-state index is 3.44. The molecule has 0 aromatic rings. The normalized spacial score (nSPS) is 34.7. The lowest BCUT2D eigenvalue weighted by atomic mass is 9.71. The van der Waals surface area contributed by atoms with E-state index < -0.39 is 0 Å². The summed E-state index contributed by atoms with van der Waals surface area (Å²) >= 11 is 0. The van der Waals surface area contributed by atoms with Crippen molar-refractivity contribution < 1.29 is 0 Å². The second-order valence-electron chi connectivity index (χ2n) is 5.43. The van der Waals surface area contributed by atoms with E-state index in [1.807, 2.05) is 5.70 Å². The average Bonchev–Trinajstić information content (AvgIpc) is 2.32. The van der Waals surface area contributed by atoms with E-state index in [0.717, 1.165) is 17.8 Å². The summed E-state index contributed by atoms with van der Waals surface area (Å²) in [5.41, 5.74) is 2.05. The molecule has 0 nitrogen and oxygen atoms in total. The van der Waals surface area contributed by atoms with Gasteiger partial charge in [-0.1, -0.05) is 38.2 Å². The molecular formula is C14H23Si. The summed E-state index contributed by atoms with van der Waals surface area (Å²) in [6.07, 6.45) is 15.8. The van der Waals surface area contributed by atoms with E-state index in [0.29, 0.717) is 0 Å². The van der Waals surface area contributed by atoms with Crippen LogP contribution in [0.3, 0.4) is 0 Å². The average molecular weight is 219 g/mol. The Hall–Kier alpha value is -0.0431. The zero-order valence-electron chi connectivity index (χ0n) is 9.75. The van der Waals surface area contributed by atoms with Crippen molar-refractivity contribution in [3.8, 4) is 0 Å². The quantitative estimate of drug-likeness (QED) is 0.615. The third kappa shape index (κ3) is 3.20. The van der Waals surface area contributed by atoms with Gasteiger partial charge in [-0.05, 0) is 43.4 Å². The highest BCUT2D eigenvalue weighted by Crippen LogP contribution is 2.40. The molecule has 2 aliphatic carbocycles. The van der Waals surface area contributed by atoms with Crippen molar-refractivity contribution in [1.29, 1.82) is 0 Å². The Morgan fingerprint density at radius 2 is 1.33 bits per heavy atom. The van der Waals surface area contributed by atoms with Crippen LogP contribution >= 0.6 is 0 Å². The van der Waals surface area contributed by atoms with Crippen molar-refractivity contribution >= 4 is 10.2 Å². The topological polar surface area (TPSA) is 0 Å². The molecule has 2 rings (SSSR count). The summed E-state index contributed by atoms with van der Waals surface area (Å²) in [5.74, 6) is 3.03. The zero-order valence-corrected chi connectivity index (χ0v) is 10.8. The Bertz CT molecular complexity index is 195. The molecule has 2 saturated carbocycles. The first-order valence-corrected chi connectivity index (χ1v) is 7.32. The summed E-state index contributed by atoms with van der Waals surface area (Å²) in [6.45, 7) is 0. The van der Waals surface area contributed by atoms with Crippen molar-refractivity contribution in [3.05, 3.63) is 11.8 Å². The van der Waals surface area contributed by atoms with Crippen molar-refractivity contribution in [2.75, 3.05) is 0 Å². The van der Waals surface area contributed by atoms with Crippen LogP contribution in [-0.4, -0.2) is 10.2 Å². The minimum atomic E-state index is 0.863. The fourth-order valence-corrected chi connectivity index (χ4v) is 3.82. The molecule has 0 heterocycles. The van der Waals surface area contributed by atoms with Crippen LogP contribution in [0, 0.1) is 17.8 Å². The first-order chi connectivity index (χ1) is 7.40. The molecule has 0 aromatic heterocycles.